The molecule has 0 unspecified atom stereocenters. The normalized spacial score (nSPS) is 12.1. The first-order valence-corrected chi connectivity index (χ1v) is 8.51. The van der Waals surface area contributed by atoms with E-state index in [1.807, 2.05) is 56.3 Å². The van der Waals surface area contributed by atoms with Crippen LogP contribution in [0.5, 0.6) is 11.5 Å². The van der Waals surface area contributed by atoms with Gasteiger partial charge < -0.3 is 20.1 Å². The van der Waals surface area contributed by atoms with Crippen molar-refractivity contribution in [2.45, 2.75) is 13.8 Å². The molecule has 0 spiro atoms. The molecule has 4 rings (SSSR count). The predicted molar refractivity (Wildman–Crippen MR) is 102 cm³/mol. The van der Waals surface area contributed by atoms with Crippen LogP contribution < -0.4 is 20.1 Å². The quantitative estimate of drug-likeness (QED) is 0.678. The first-order chi connectivity index (χ1) is 12.6. The summed E-state index contributed by atoms with van der Waals surface area (Å²) in [4.78, 5) is 8.98. The lowest BCUT2D eigenvalue weighted by Crippen LogP contribution is -2.03. The van der Waals surface area contributed by atoms with Crippen molar-refractivity contribution in [1.29, 1.82) is 0 Å². The van der Waals surface area contributed by atoms with Gasteiger partial charge in [-0.25, -0.2) is 4.98 Å². The summed E-state index contributed by atoms with van der Waals surface area (Å²) >= 11 is 6.19. The first-order valence-electron chi connectivity index (χ1n) is 8.13. The van der Waals surface area contributed by atoms with Crippen LogP contribution in [-0.4, -0.2) is 16.8 Å². The standard InChI is InChI=1S/C19H17ClN4O2/c1-11-8-18(23-15-5-3-4-14(20)12(15)2)24-19(21-11)22-13-6-7-16-17(9-13)26-10-25-16/h3-9H,10H2,1-2H3,(H2,21,22,23,24). The van der Waals surface area contributed by atoms with Crippen LogP contribution in [0.25, 0.3) is 0 Å². The van der Waals surface area contributed by atoms with Gasteiger partial charge in [-0.15, -0.1) is 0 Å². The summed E-state index contributed by atoms with van der Waals surface area (Å²) in [6, 6.07) is 13.2. The highest BCUT2D eigenvalue weighted by Gasteiger charge is 2.14. The summed E-state index contributed by atoms with van der Waals surface area (Å²) in [5.74, 6) is 2.62. The van der Waals surface area contributed by atoms with Crippen molar-refractivity contribution < 1.29 is 9.47 Å². The number of aryl methyl sites for hydroxylation is 1. The van der Waals surface area contributed by atoms with Gasteiger partial charge in [0, 0.05) is 34.2 Å². The first kappa shape index (κ1) is 16.5. The molecule has 1 aliphatic heterocycles. The lowest BCUT2D eigenvalue weighted by atomic mass is 10.2. The van der Waals surface area contributed by atoms with Crippen molar-refractivity contribution in [2.75, 3.05) is 17.4 Å². The number of nitrogens with zero attached hydrogens (tertiary/aromatic N) is 2. The fraction of sp³-hybridized carbons (Fsp3) is 0.158. The third-order valence-corrected chi connectivity index (χ3v) is 4.42. The molecule has 0 aliphatic carbocycles. The van der Waals surface area contributed by atoms with E-state index in [4.69, 9.17) is 21.1 Å². The topological polar surface area (TPSA) is 68.3 Å². The van der Waals surface area contributed by atoms with Crippen molar-refractivity contribution in [3.63, 3.8) is 0 Å². The molecule has 6 nitrogen and oxygen atoms in total. The summed E-state index contributed by atoms with van der Waals surface area (Å²) in [6.45, 7) is 4.12. The second kappa shape index (κ2) is 6.72. The molecule has 0 fully saturated rings. The van der Waals surface area contributed by atoms with Gasteiger partial charge in [0.15, 0.2) is 11.5 Å². The molecule has 0 atom stereocenters. The van der Waals surface area contributed by atoms with E-state index < -0.39 is 0 Å². The van der Waals surface area contributed by atoms with Crippen LogP contribution in [0.2, 0.25) is 5.02 Å². The minimum absolute atomic E-state index is 0.243. The van der Waals surface area contributed by atoms with Crippen LogP contribution in [0.15, 0.2) is 42.5 Å². The maximum absolute atomic E-state index is 6.19. The summed E-state index contributed by atoms with van der Waals surface area (Å²) in [5.41, 5.74) is 3.54. The Morgan fingerprint density at radius 2 is 1.81 bits per heavy atom. The molecule has 1 aliphatic rings. The van der Waals surface area contributed by atoms with Crippen LogP contribution in [0.4, 0.5) is 23.1 Å². The Hall–Kier alpha value is -2.99. The van der Waals surface area contributed by atoms with Crippen molar-refractivity contribution >= 4 is 34.7 Å². The molecule has 2 heterocycles. The number of anilines is 4. The minimum Gasteiger partial charge on any atom is -0.454 e. The number of nitrogens with one attached hydrogen (secondary N) is 2. The fourth-order valence-corrected chi connectivity index (χ4v) is 2.85. The average molecular weight is 369 g/mol. The SMILES string of the molecule is Cc1cc(Nc2cccc(Cl)c2C)nc(Nc2ccc3c(c2)OCO3)n1. The van der Waals surface area contributed by atoms with Crippen molar-refractivity contribution in [3.05, 3.63) is 58.7 Å². The molecule has 132 valence electrons. The van der Waals surface area contributed by atoms with Crippen molar-refractivity contribution in [1.82, 2.24) is 9.97 Å². The third kappa shape index (κ3) is 3.36. The average Bonchev–Trinajstić information content (AvgIpc) is 3.06. The van der Waals surface area contributed by atoms with Crippen LogP contribution >= 0.6 is 11.6 Å². The molecule has 2 aromatic carbocycles. The molecule has 0 saturated carbocycles. The van der Waals surface area contributed by atoms with Gasteiger partial charge in [0.25, 0.3) is 0 Å². The lowest BCUT2D eigenvalue weighted by Gasteiger charge is -2.12. The highest BCUT2D eigenvalue weighted by atomic mass is 35.5. The van der Waals surface area contributed by atoms with Gasteiger partial charge in [-0.2, -0.15) is 4.98 Å². The number of fused-ring (bicyclic) bond motifs is 1. The third-order valence-electron chi connectivity index (χ3n) is 4.01. The lowest BCUT2D eigenvalue weighted by molar-refractivity contribution is 0.174. The van der Waals surface area contributed by atoms with E-state index in [9.17, 15) is 0 Å². The van der Waals surface area contributed by atoms with Gasteiger partial charge in [-0.05, 0) is 43.7 Å². The molecular formula is C19H17ClN4O2. The van der Waals surface area contributed by atoms with E-state index in [0.717, 1.165) is 28.4 Å². The molecule has 0 amide bonds. The van der Waals surface area contributed by atoms with Gasteiger partial charge >= 0.3 is 0 Å². The molecule has 2 N–H and O–H groups in total. The van der Waals surface area contributed by atoms with Crippen molar-refractivity contribution in [2.24, 2.45) is 0 Å². The Bertz CT molecular complexity index is 978. The Kier molecular flexibility index (Phi) is 4.26. The summed E-state index contributed by atoms with van der Waals surface area (Å²) in [5, 5.41) is 7.21. The van der Waals surface area contributed by atoms with Gasteiger partial charge in [0.1, 0.15) is 5.82 Å². The zero-order chi connectivity index (χ0) is 18.1. The Morgan fingerprint density at radius 3 is 2.69 bits per heavy atom. The van der Waals surface area contributed by atoms with Gasteiger partial charge in [0.2, 0.25) is 12.7 Å². The van der Waals surface area contributed by atoms with Gasteiger partial charge in [-0.1, -0.05) is 17.7 Å². The Balaban J connectivity index is 1.59. The predicted octanol–water partition coefficient (Wildman–Crippen LogP) is 4.96. The monoisotopic (exact) mass is 368 g/mol. The van der Waals surface area contributed by atoms with E-state index in [2.05, 4.69) is 20.6 Å². The highest BCUT2D eigenvalue weighted by molar-refractivity contribution is 6.31. The number of benzene rings is 2. The zero-order valence-electron chi connectivity index (χ0n) is 14.3. The zero-order valence-corrected chi connectivity index (χ0v) is 15.1. The minimum atomic E-state index is 0.243. The summed E-state index contributed by atoms with van der Waals surface area (Å²) in [6.07, 6.45) is 0. The van der Waals surface area contributed by atoms with Crippen LogP contribution in [0, 0.1) is 13.8 Å². The van der Waals surface area contributed by atoms with E-state index in [1.54, 1.807) is 0 Å². The maximum atomic E-state index is 6.19. The van der Waals surface area contributed by atoms with Crippen molar-refractivity contribution in [3.8, 4) is 11.5 Å². The van der Waals surface area contributed by atoms with Crippen LogP contribution in [0.1, 0.15) is 11.3 Å². The molecule has 3 aromatic rings. The van der Waals surface area contributed by atoms with Gasteiger partial charge in [-0.3, -0.25) is 0 Å². The molecule has 26 heavy (non-hydrogen) atoms. The number of aromatic nitrogens is 2. The summed E-state index contributed by atoms with van der Waals surface area (Å²) in [7, 11) is 0. The number of rotatable bonds is 4. The molecular weight excluding hydrogens is 352 g/mol. The fourth-order valence-electron chi connectivity index (χ4n) is 2.67. The number of halogens is 1. The largest absolute Gasteiger partial charge is 0.454 e. The molecule has 0 radical (unpaired) electrons. The second-order valence-electron chi connectivity index (χ2n) is 5.95. The maximum Gasteiger partial charge on any atom is 0.231 e. The van der Waals surface area contributed by atoms with Gasteiger partial charge in [0.05, 0.1) is 0 Å². The van der Waals surface area contributed by atoms with Crippen LogP contribution in [-0.2, 0) is 0 Å². The number of ether oxygens (including phenoxy) is 2. The number of hydrogen-bond donors (Lipinski definition) is 2. The Morgan fingerprint density at radius 1 is 0.962 bits per heavy atom. The molecule has 0 saturated heterocycles. The van der Waals surface area contributed by atoms with Crippen LogP contribution in [0.3, 0.4) is 0 Å². The summed E-state index contributed by atoms with van der Waals surface area (Å²) < 4.78 is 10.7. The van der Waals surface area contributed by atoms with E-state index in [0.29, 0.717) is 22.5 Å². The van der Waals surface area contributed by atoms with E-state index in [1.165, 1.54) is 0 Å². The number of hydrogen-bond acceptors (Lipinski definition) is 6. The van der Waals surface area contributed by atoms with E-state index >= 15 is 0 Å². The molecule has 0 bridgehead atoms. The highest BCUT2D eigenvalue weighted by Crippen LogP contribution is 2.35. The smallest absolute Gasteiger partial charge is 0.231 e. The Labute approximate surface area is 156 Å². The van der Waals surface area contributed by atoms with E-state index in [-0.39, 0.29) is 6.79 Å². The molecule has 1 aromatic heterocycles. The second-order valence-corrected chi connectivity index (χ2v) is 6.36. The molecule has 7 heteroatoms.